The van der Waals surface area contributed by atoms with Gasteiger partial charge in [-0.25, -0.2) is 0 Å². The Labute approximate surface area is 158 Å². The van der Waals surface area contributed by atoms with Crippen molar-refractivity contribution in [2.45, 2.75) is 46.6 Å². The monoisotopic (exact) mass is 364 g/mol. The van der Waals surface area contributed by atoms with E-state index in [1.807, 2.05) is 44.2 Å². The zero-order valence-corrected chi connectivity index (χ0v) is 16.1. The highest BCUT2D eigenvalue weighted by Gasteiger charge is 2.35. The van der Waals surface area contributed by atoms with Gasteiger partial charge >= 0.3 is 0 Å². The average Bonchev–Trinajstić information content (AvgIpc) is 3.15. The third-order valence-electron chi connectivity index (χ3n) is 5.35. The SMILES string of the molecule is Cc1c(C(=O)N[C@H](C)c2cc3ccccc3o2)[nH]c2c1C(=O)CC(C)(C)C2. The Morgan fingerprint density at radius 2 is 2.00 bits per heavy atom. The van der Waals surface area contributed by atoms with Crippen LogP contribution in [0.25, 0.3) is 11.0 Å². The van der Waals surface area contributed by atoms with Crippen molar-refractivity contribution in [1.82, 2.24) is 10.3 Å². The van der Waals surface area contributed by atoms with Gasteiger partial charge in [0.2, 0.25) is 0 Å². The zero-order chi connectivity index (χ0) is 19.3. The van der Waals surface area contributed by atoms with Crippen LogP contribution >= 0.6 is 0 Å². The van der Waals surface area contributed by atoms with Gasteiger partial charge < -0.3 is 14.7 Å². The molecule has 0 saturated heterocycles. The van der Waals surface area contributed by atoms with Crippen LogP contribution in [0.4, 0.5) is 0 Å². The van der Waals surface area contributed by atoms with Crippen LogP contribution in [0.5, 0.6) is 0 Å². The number of amides is 1. The average molecular weight is 364 g/mol. The molecule has 1 aliphatic rings. The molecule has 3 aromatic rings. The number of Topliss-reactive ketones (excluding diaryl/α,β-unsaturated/α-hetero) is 1. The maximum absolute atomic E-state index is 12.9. The lowest BCUT2D eigenvalue weighted by Gasteiger charge is -2.28. The van der Waals surface area contributed by atoms with Crippen molar-refractivity contribution in [2.24, 2.45) is 5.41 Å². The van der Waals surface area contributed by atoms with Gasteiger partial charge in [-0.2, -0.15) is 0 Å². The van der Waals surface area contributed by atoms with Crippen molar-refractivity contribution in [2.75, 3.05) is 0 Å². The molecule has 1 amide bonds. The van der Waals surface area contributed by atoms with E-state index in [0.717, 1.165) is 28.6 Å². The van der Waals surface area contributed by atoms with Crippen molar-refractivity contribution < 1.29 is 14.0 Å². The van der Waals surface area contributed by atoms with Crippen molar-refractivity contribution in [3.63, 3.8) is 0 Å². The minimum absolute atomic E-state index is 0.0866. The lowest BCUT2D eigenvalue weighted by Crippen LogP contribution is -2.27. The maximum atomic E-state index is 12.9. The minimum atomic E-state index is -0.281. The predicted octanol–water partition coefficient (Wildman–Crippen LogP) is 4.72. The molecule has 27 heavy (non-hydrogen) atoms. The Morgan fingerprint density at radius 3 is 2.74 bits per heavy atom. The number of carbonyl (C=O) groups is 2. The summed E-state index contributed by atoms with van der Waals surface area (Å²) < 4.78 is 5.84. The van der Waals surface area contributed by atoms with Crippen LogP contribution in [-0.2, 0) is 6.42 Å². The maximum Gasteiger partial charge on any atom is 0.268 e. The van der Waals surface area contributed by atoms with Crippen LogP contribution in [0.2, 0.25) is 0 Å². The molecule has 0 unspecified atom stereocenters. The second-order valence-electron chi connectivity index (χ2n) is 8.30. The number of hydrogen-bond acceptors (Lipinski definition) is 3. The standard InChI is InChI=1S/C22H24N2O3/c1-12-19-15(10-22(3,4)11-16(19)25)24-20(12)21(26)23-13(2)18-9-14-7-5-6-8-17(14)27-18/h5-9,13,24H,10-11H2,1-4H3,(H,23,26)/t13-/m1/s1. The third kappa shape index (κ3) is 3.07. The number of furan rings is 1. The number of rotatable bonds is 3. The van der Waals surface area contributed by atoms with Crippen molar-refractivity contribution in [3.05, 3.63) is 58.6 Å². The summed E-state index contributed by atoms with van der Waals surface area (Å²) in [4.78, 5) is 28.6. The van der Waals surface area contributed by atoms with E-state index in [2.05, 4.69) is 24.1 Å². The molecule has 1 aromatic carbocycles. The molecule has 0 bridgehead atoms. The Morgan fingerprint density at radius 1 is 1.26 bits per heavy atom. The van der Waals surface area contributed by atoms with Crippen LogP contribution in [0, 0.1) is 12.3 Å². The summed E-state index contributed by atoms with van der Waals surface area (Å²) in [5, 5.41) is 3.99. The summed E-state index contributed by atoms with van der Waals surface area (Å²) in [5.41, 5.74) is 3.48. The Kier molecular flexibility index (Phi) is 3.98. The van der Waals surface area contributed by atoms with Crippen LogP contribution in [-0.4, -0.2) is 16.7 Å². The molecule has 0 fully saturated rings. The second-order valence-corrected chi connectivity index (χ2v) is 8.30. The smallest absolute Gasteiger partial charge is 0.268 e. The van der Waals surface area contributed by atoms with Crippen molar-refractivity contribution in [1.29, 1.82) is 0 Å². The van der Waals surface area contributed by atoms with E-state index < -0.39 is 0 Å². The molecule has 0 saturated carbocycles. The summed E-state index contributed by atoms with van der Waals surface area (Å²) in [5.74, 6) is 0.593. The van der Waals surface area contributed by atoms with Crippen LogP contribution < -0.4 is 5.32 Å². The summed E-state index contributed by atoms with van der Waals surface area (Å²) in [6, 6.07) is 9.42. The quantitative estimate of drug-likeness (QED) is 0.706. The molecule has 2 heterocycles. The molecular formula is C22H24N2O3. The molecule has 0 radical (unpaired) electrons. The van der Waals surface area contributed by atoms with E-state index in [1.54, 1.807) is 0 Å². The number of aromatic amines is 1. The van der Waals surface area contributed by atoms with Gasteiger partial charge in [0, 0.05) is 23.1 Å². The third-order valence-corrected chi connectivity index (χ3v) is 5.35. The summed E-state index contributed by atoms with van der Waals surface area (Å²) >= 11 is 0. The number of H-pyrrole nitrogens is 1. The lowest BCUT2D eigenvalue weighted by molar-refractivity contribution is 0.0908. The van der Waals surface area contributed by atoms with Crippen LogP contribution in [0.15, 0.2) is 34.7 Å². The first-order chi connectivity index (χ1) is 12.7. The molecule has 2 aromatic heterocycles. The van der Waals surface area contributed by atoms with Gasteiger partial charge in [0.05, 0.1) is 6.04 Å². The highest BCUT2D eigenvalue weighted by atomic mass is 16.3. The normalized spacial score (nSPS) is 17.0. The van der Waals surface area contributed by atoms with Gasteiger partial charge in [-0.05, 0) is 43.4 Å². The first-order valence-electron chi connectivity index (χ1n) is 9.29. The molecule has 0 aliphatic heterocycles. The van der Waals surface area contributed by atoms with Gasteiger partial charge in [0.25, 0.3) is 5.91 Å². The highest BCUT2D eigenvalue weighted by molar-refractivity contribution is 6.04. The molecule has 0 spiro atoms. The summed E-state index contributed by atoms with van der Waals surface area (Å²) in [6.45, 7) is 7.88. The van der Waals surface area contributed by atoms with E-state index in [-0.39, 0.29) is 23.1 Å². The number of fused-ring (bicyclic) bond motifs is 2. The van der Waals surface area contributed by atoms with E-state index in [9.17, 15) is 9.59 Å². The van der Waals surface area contributed by atoms with E-state index in [0.29, 0.717) is 23.4 Å². The van der Waals surface area contributed by atoms with Crippen LogP contribution in [0.1, 0.15) is 71.1 Å². The number of hydrogen-bond donors (Lipinski definition) is 2. The minimum Gasteiger partial charge on any atom is -0.459 e. The van der Waals surface area contributed by atoms with Crippen molar-refractivity contribution in [3.8, 4) is 0 Å². The van der Waals surface area contributed by atoms with Gasteiger partial charge in [-0.3, -0.25) is 9.59 Å². The fraction of sp³-hybridized carbons (Fsp3) is 0.364. The largest absolute Gasteiger partial charge is 0.459 e. The molecule has 1 atom stereocenters. The van der Waals surface area contributed by atoms with Gasteiger partial charge in [-0.1, -0.05) is 32.0 Å². The summed E-state index contributed by atoms with van der Waals surface area (Å²) in [7, 11) is 0. The highest BCUT2D eigenvalue weighted by Crippen LogP contribution is 2.36. The number of nitrogens with one attached hydrogen (secondary N) is 2. The van der Waals surface area contributed by atoms with Crippen LogP contribution in [0.3, 0.4) is 0 Å². The topological polar surface area (TPSA) is 75.1 Å². The Bertz CT molecular complexity index is 1020. The van der Waals surface area contributed by atoms with E-state index in [1.165, 1.54) is 0 Å². The Hall–Kier alpha value is -2.82. The number of carbonyl (C=O) groups excluding carboxylic acids is 2. The molecular weight excluding hydrogens is 340 g/mol. The molecule has 5 nitrogen and oxygen atoms in total. The Balaban J connectivity index is 1.59. The molecule has 140 valence electrons. The predicted molar refractivity (Wildman–Crippen MR) is 104 cm³/mol. The molecule has 1 aliphatic carbocycles. The second kappa shape index (κ2) is 6.12. The van der Waals surface area contributed by atoms with E-state index >= 15 is 0 Å². The number of benzene rings is 1. The van der Waals surface area contributed by atoms with Gasteiger partial charge in [0.1, 0.15) is 17.0 Å². The fourth-order valence-electron chi connectivity index (χ4n) is 4.02. The molecule has 2 N–H and O–H groups in total. The molecule has 5 heteroatoms. The number of aromatic nitrogens is 1. The zero-order valence-electron chi connectivity index (χ0n) is 16.1. The van der Waals surface area contributed by atoms with Gasteiger partial charge in [0.15, 0.2) is 5.78 Å². The van der Waals surface area contributed by atoms with E-state index in [4.69, 9.17) is 4.42 Å². The van der Waals surface area contributed by atoms with Crippen molar-refractivity contribution >= 4 is 22.7 Å². The first kappa shape index (κ1) is 17.6. The van der Waals surface area contributed by atoms with Gasteiger partial charge in [-0.15, -0.1) is 0 Å². The number of ketones is 1. The fourth-order valence-corrected chi connectivity index (χ4v) is 4.02. The summed E-state index contributed by atoms with van der Waals surface area (Å²) in [6.07, 6.45) is 1.27. The lowest BCUT2D eigenvalue weighted by atomic mass is 9.75. The molecule has 4 rings (SSSR count). The number of para-hydroxylation sites is 1. The first-order valence-corrected chi connectivity index (χ1v) is 9.29.